The molecule has 1 fully saturated rings. The largest absolute Gasteiger partial charge is 0.368 e. The van der Waals surface area contributed by atoms with E-state index in [1.54, 1.807) is 13.0 Å². The average molecular weight is 363 g/mol. The lowest BCUT2D eigenvalue weighted by molar-refractivity contribution is -0.121. The molecule has 6 nitrogen and oxygen atoms in total. The Bertz CT molecular complexity index is 725. The summed E-state index contributed by atoms with van der Waals surface area (Å²) in [5.41, 5.74) is 1.05. The number of piperazine rings is 1. The Kier molecular flexibility index (Phi) is 5.60. The number of halogens is 1. The standard InChI is InChI=1S/C18H23ClN4O2/c1-3-15(18(24)20-17-12-13(2)25-21-17)22-8-10-23(11-9-22)16-7-5-4-6-14(16)19/h4-7,12,15H,3,8-11H2,1-2H3,(H,20,21,24)/t15-/m1/s1. The van der Waals surface area contributed by atoms with Crippen LogP contribution in [0.1, 0.15) is 19.1 Å². The number of para-hydroxylation sites is 1. The molecule has 7 heteroatoms. The molecule has 1 atom stereocenters. The first kappa shape index (κ1) is 17.8. The Labute approximate surface area is 152 Å². The lowest BCUT2D eigenvalue weighted by atomic mass is 10.1. The SMILES string of the molecule is CC[C@H](C(=O)Nc1cc(C)on1)N1CCN(c2ccccc2Cl)CC1. The van der Waals surface area contributed by atoms with Gasteiger partial charge in [0.15, 0.2) is 5.82 Å². The molecule has 134 valence electrons. The molecule has 0 spiro atoms. The zero-order chi connectivity index (χ0) is 17.8. The van der Waals surface area contributed by atoms with Crippen LogP contribution in [0.25, 0.3) is 0 Å². The van der Waals surface area contributed by atoms with Crippen molar-refractivity contribution in [3.8, 4) is 0 Å². The molecule has 0 bridgehead atoms. The van der Waals surface area contributed by atoms with Crippen LogP contribution >= 0.6 is 11.6 Å². The summed E-state index contributed by atoms with van der Waals surface area (Å²) in [6, 6.07) is 9.42. The van der Waals surface area contributed by atoms with Crippen LogP contribution in [0.15, 0.2) is 34.9 Å². The molecule has 1 N–H and O–H groups in total. The first-order valence-electron chi connectivity index (χ1n) is 8.56. The highest BCUT2D eigenvalue weighted by Crippen LogP contribution is 2.26. The van der Waals surface area contributed by atoms with Crippen molar-refractivity contribution in [2.75, 3.05) is 36.4 Å². The first-order valence-corrected chi connectivity index (χ1v) is 8.94. The normalized spacial score (nSPS) is 16.7. The van der Waals surface area contributed by atoms with Crippen LogP contribution in [0.3, 0.4) is 0 Å². The second-order valence-electron chi connectivity index (χ2n) is 6.21. The van der Waals surface area contributed by atoms with Gasteiger partial charge in [-0.1, -0.05) is 35.8 Å². The maximum atomic E-state index is 12.6. The predicted octanol–water partition coefficient (Wildman–Crippen LogP) is 3.18. The molecule has 1 aromatic carbocycles. The molecule has 0 radical (unpaired) electrons. The highest BCUT2D eigenvalue weighted by atomic mass is 35.5. The van der Waals surface area contributed by atoms with Crippen molar-refractivity contribution in [1.29, 1.82) is 0 Å². The summed E-state index contributed by atoms with van der Waals surface area (Å²) in [6.45, 7) is 7.14. The van der Waals surface area contributed by atoms with Crippen LogP contribution in [0.4, 0.5) is 11.5 Å². The third-order valence-corrected chi connectivity index (χ3v) is 4.84. The van der Waals surface area contributed by atoms with Gasteiger partial charge < -0.3 is 14.7 Å². The molecule has 2 heterocycles. The van der Waals surface area contributed by atoms with Crippen molar-refractivity contribution in [2.24, 2.45) is 0 Å². The minimum absolute atomic E-state index is 0.0398. The molecule has 25 heavy (non-hydrogen) atoms. The summed E-state index contributed by atoms with van der Waals surface area (Å²) < 4.78 is 5.00. The van der Waals surface area contributed by atoms with E-state index >= 15 is 0 Å². The number of aryl methyl sites for hydroxylation is 1. The summed E-state index contributed by atoms with van der Waals surface area (Å²) in [6.07, 6.45) is 0.745. The number of rotatable bonds is 5. The second-order valence-corrected chi connectivity index (χ2v) is 6.62. The van der Waals surface area contributed by atoms with Gasteiger partial charge in [-0.2, -0.15) is 0 Å². The quantitative estimate of drug-likeness (QED) is 0.885. The molecule has 1 amide bonds. The second kappa shape index (κ2) is 7.89. The van der Waals surface area contributed by atoms with Gasteiger partial charge in [0.1, 0.15) is 5.76 Å². The number of carbonyl (C=O) groups excluding carboxylic acids is 1. The average Bonchev–Trinajstić information content (AvgIpc) is 3.01. The van der Waals surface area contributed by atoms with Crippen LogP contribution in [0.5, 0.6) is 0 Å². The molecule has 2 aromatic rings. The van der Waals surface area contributed by atoms with E-state index in [2.05, 4.69) is 20.3 Å². The highest BCUT2D eigenvalue weighted by molar-refractivity contribution is 6.33. The summed E-state index contributed by atoms with van der Waals surface area (Å²) in [5, 5.41) is 7.44. The fourth-order valence-electron chi connectivity index (χ4n) is 3.23. The Morgan fingerprint density at radius 3 is 2.64 bits per heavy atom. The van der Waals surface area contributed by atoms with Crippen molar-refractivity contribution in [3.05, 3.63) is 41.1 Å². The zero-order valence-electron chi connectivity index (χ0n) is 14.5. The van der Waals surface area contributed by atoms with E-state index in [1.165, 1.54) is 0 Å². The summed E-state index contributed by atoms with van der Waals surface area (Å²) in [7, 11) is 0. The molecular formula is C18H23ClN4O2. The smallest absolute Gasteiger partial charge is 0.242 e. The zero-order valence-corrected chi connectivity index (χ0v) is 15.3. The van der Waals surface area contributed by atoms with Gasteiger partial charge in [0, 0.05) is 32.2 Å². The summed E-state index contributed by atoms with van der Waals surface area (Å²) in [4.78, 5) is 17.1. The highest BCUT2D eigenvalue weighted by Gasteiger charge is 2.28. The van der Waals surface area contributed by atoms with Crippen molar-refractivity contribution in [2.45, 2.75) is 26.3 Å². The molecular weight excluding hydrogens is 340 g/mol. The van der Waals surface area contributed by atoms with E-state index in [0.29, 0.717) is 11.6 Å². The van der Waals surface area contributed by atoms with E-state index in [0.717, 1.165) is 43.3 Å². The lowest BCUT2D eigenvalue weighted by Crippen LogP contribution is -2.53. The molecule has 1 aromatic heterocycles. The molecule has 1 saturated heterocycles. The predicted molar refractivity (Wildman–Crippen MR) is 99.2 cm³/mol. The van der Waals surface area contributed by atoms with E-state index in [9.17, 15) is 4.79 Å². The Morgan fingerprint density at radius 1 is 1.32 bits per heavy atom. The minimum Gasteiger partial charge on any atom is -0.368 e. The van der Waals surface area contributed by atoms with Crippen molar-refractivity contribution >= 4 is 29.0 Å². The summed E-state index contributed by atoms with van der Waals surface area (Å²) in [5.74, 6) is 1.11. The van der Waals surface area contributed by atoms with E-state index < -0.39 is 0 Å². The van der Waals surface area contributed by atoms with E-state index in [-0.39, 0.29) is 11.9 Å². The van der Waals surface area contributed by atoms with E-state index in [4.69, 9.17) is 16.1 Å². The minimum atomic E-state index is -0.176. The maximum absolute atomic E-state index is 12.6. The summed E-state index contributed by atoms with van der Waals surface area (Å²) >= 11 is 6.29. The number of nitrogens with one attached hydrogen (secondary N) is 1. The molecule has 0 aliphatic carbocycles. The Morgan fingerprint density at radius 2 is 2.04 bits per heavy atom. The van der Waals surface area contributed by atoms with Gasteiger partial charge in [0.05, 0.1) is 16.8 Å². The van der Waals surface area contributed by atoms with Gasteiger partial charge in [-0.3, -0.25) is 9.69 Å². The van der Waals surface area contributed by atoms with E-state index in [1.807, 2.05) is 31.2 Å². The van der Waals surface area contributed by atoms with Crippen LogP contribution in [0.2, 0.25) is 5.02 Å². The maximum Gasteiger partial charge on any atom is 0.242 e. The molecule has 3 rings (SSSR count). The van der Waals surface area contributed by atoms with Crippen molar-refractivity contribution < 1.29 is 9.32 Å². The number of nitrogens with zero attached hydrogens (tertiary/aromatic N) is 3. The van der Waals surface area contributed by atoms with Gasteiger partial charge in [-0.25, -0.2) is 0 Å². The third kappa shape index (κ3) is 4.14. The number of amides is 1. The van der Waals surface area contributed by atoms with Crippen molar-refractivity contribution in [3.63, 3.8) is 0 Å². The molecule has 1 aliphatic heterocycles. The number of hydrogen-bond donors (Lipinski definition) is 1. The lowest BCUT2D eigenvalue weighted by Gasteiger charge is -2.39. The van der Waals surface area contributed by atoms with Gasteiger partial charge in [-0.15, -0.1) is 0 Å². The van der Waals surface area contributed by atoms with Gasteiger partial charge >= 0.3 is 0 Å². The Hall–Kier alpha value is -2.05. The van der Waals surface area contributed by atoms with Crippen LogP contribution < -0.4 is 10.2 Å². The number of anilines is 2. The number of aromatic nitrogens is 1. The monoisotopic (exact) mass is 362 g/mol. The fraction of sp³-hybridized carbons (Fsp3) is 0.444. The van der Waals surface area contributed by atoms with Gasteiger partial charge in [-0.05, 0) is 25.5 Å². The van der Waals surface area contributed by atoms with Crippen LogP contribution in [0, 0.1) is 6.92 Å². The molecule has 0 unspecified atom stereocenters. The van der Waals surface area contributed by atoms with Crippen LogP contribution in [-0.4, -0.2) is 48.2 Å². The first-order chi connectivity index (χ1) is 12.1. The number of benzene rings is 1. The fourth-order valence-corrected chi connectivity index (χ4v) is 3.48. The van der Waals surface area contributed by atoms with Crippen LogP contribution in [-0.2, 0) is 4.79 Å². The van der Waals surface area contributed by atoms with Gasteiger partial charge in [0.2, 0.25) is 5.91 Å². The third-order valence-electron chi connectivity index (χ3n) is 4.52. The van der Waals surface area contributed by atoms with Crippen molar-refractivity contribution in [1.82, 2.24) is 10.1 Å². The number of carbonyl (C=O) groups is 1. The Balaban J connectivity index is 1.60. The topological polar surface area (TPSA) is 61.6 Å². The molecule has 1 aliphatic rings. The molecule has 0 saturated carbocycles. The van der Waals surface area contributed by atoms with Gasteiger partial charge in [0.25, 0.3) is 0 Å². The number of hydrogen-bond acceptors (Lipinski definition) is 5.